The predicted octanol–water partition coefficient (Wildman–Crippen LogP) is 5.06. The number of ether oxygens (including phenoxy) is 2. The van der Waals surface area contributed by atoms with Crippen molar-refractivity contribution in [1.82, 2.24) is 19.7 Å². The smallest absolute Gasteiger partial charge is 0.233 e. The molecule has 1 aliphatic heterocycles. The Bertz CT molecular complexity index is 1070. The molecule has 35 heavy (non-hydrogen) atoms. The zero-order valence-corrected chi connectivity index (χ0v) is 21.2. The van der Waals surface area contributed by atoms with E-state index in [1.54, 1.807) is 7.11 Å². The lowest BCUT2D eigenvalue weighted by Gasteiger charge is -2.24. The Morgan fingerprint density at radius 2 is 1.66 bits per heavy atom. The summed E-state index contributed by atoms with van der Waals surface area (Å²) in [7, 11) is 1.68. The highest BCUT2D eigenvalue weighted by molar-refractivity contribution is 7.99. The van der Waals surface area contributed by atoms with Crippen LogP contribution in [-0.2, 0) is 22.7 Å². The highest BCUT2D eigenvalue weighted by Gasteiger charge is 2.19. The van der Waals surface area contributed by atoms with Gasteiger partial charge in [0.1, 0.15) is 12.4 Å². The Morgan fingerprint density at radius 1 is 0.943 bits per heavy atom. The Morgan fingerprint density at radius 3 is 2.43 bits per heavy atom. The molecule has 1 amide bonds. The molecule has 3 aromatic rings. The summed E-state index contributed by atoms with van der Waals surface area (Å²) < 4.78 is 13.5. The Balaban J connectivity index is 1.43. The molecule has 4 rings (SSSR count). The first kappa shape index (κ1) is 25.3. The number of carbonyl (C=O) groups excluding carboxylic acids is 1. The van der Waals surface area contributed by atoms with Gasteiger partial charge in [-0.05, 0) is 24.5 Å². The molecular weight excluding hydrogens is 460 g/mol. The number of nitrogens with zero attached hydrogens (tertiary/aromatic N) is 4. The van der Waals surface area contributed by atoms with E-state index in [9.17, 15) is 4.79 Å². The molecule has 186 valence electrons. The lowest BCUT2D eigenvalue weighted by atomic mass is 10.1. The van der Waals surface area contributed by atoms with E-state index in [2.05, 4.69) is 28.4 Å². The summed E-state index contributed by atoms with van der Waals surface area (Å²) in [5.74, 6) is 2.04. The number of likely N-dealkylation sites (tertiary alicyclic amines) is 1. The first-order chi connectivity index (χ1) is 17.3. The highest BCUT2D eigenvalue weighted by atomic mass is 32.2. The second-order valence-corrected chi connectivity index (χ2v) is 9.57. The van der Waals surface area contributed by atoms with Gasteiger partial charge in [-0.1, -0.05) is 79.6 Å². The van der Waals surface area contributed by atoms with Crippen LogP contribution in [-0.4, -0.2) is 58.1 Å². The van der Waals surface area contributed by atoms with Crippen LogP contribution in [0.15, 0.2) is 59.8 Å². The van der Waals surface area contributed by atoms with Crippen LogP contribution >= 0.6 is 11.8 Å². The lowest BCUT2D eigenvalue weighted by Crippen LogP contribution is -2.35. The fourth-order valence-electron chi connectivity index (χ4n) is 4.25. The number of hydrogen-bond donors (Lipinski definition) is 0. The number of thioether (sulfide) groups is 1. The van der Waals surface area contributed by atoms with E-state index in [0.717, 1.165) is 48.0 Å². The van der Waals surface area contributed by atoms with Gasteiger partial charge in [-0.25, -0.2) is 0 Å². The summed E-state index contributed by atoms with van der Waals surface area (Å²) in [4.78, 5) is 14.9. The topological polar surface area (TPSA) is 69.5 Å². The zero-order valence-electron chi connectivity index (χ0n) is 20.4. The van der Waals surface area contributed by atoms with Gasteiger partial charge >= 0.3 is 0 Å². The van der Waals surface area contributed by atoms with E-state index < -0.39 is 0 Å². The van der Waals surface area contributed by atoms with Crippen molar-refractivity contribution < 1.29 is 14.3 Å². The maximum Gasteiger partial charge on any atom is 0.233 e. The van der Waals surface area contributed by atoms with Gasteiger partial charge in [0.25, 0.3) is 0 Å². The van der Waals surface area contributed by atoms with Crippen LogP contribution in [0.4, 0.5) is 0 Å². The van der Waals surface area contributed by atoms with E-state index in [-0.39, 0.29) is 12.5 Å². The van der Waals surface area contributed by atoms with Crippen LogP contribution in [0.2, 0.25) is 0 Å². The van der Waals surface area contributed by atoms with E-state index in [1.165, 1.54) is 31.0 Å². The SMILES string of the molecule is COCCn1c(COc2ccccc2-c2ccccc2)nnc1SCC(=O)N1CCCCCCC1. The molecule has 2 heterocycles. The van der Waals surface area contributed by atoms with Crippen LogP contribution in [0.1, 0.15) is 37.9 Å². The molecule has 1 aliphatic rings. The van der Waals surface area contributed by atoms with Gasteiger partial charge in [-0.15, -0.1) is 10.2 Å². The Labute approximate surface area is 211 Å². The van der Waals surface area contributed by atoms with Gasteiger partial charge in [0.05, 0.1) is 12.4 Å². The molecule has 0 bridgehead atoms. The Kier molecular flexibility index (Phi) is 9.60. The number of amides is 1. The van der Waals surface area contributed by atoms with E-state index in [4.69, 9.17) is 9.47 Å². The summed E-state index contributed by atoms with van der Waals surface area (Å²) in [6.45, 7) is 3.12. The minimum Gasteiger partial charge on any atom is -0.485 e. The maximum absolute atomic E-state index is 12.8. The number of hydrogen-bond acceptors (Lipinski definition) is 6. The lowest BCUT2D eigenvalue weighted by molar-refractivity contribution is -0.128. The first-order valence-electron chi connectivity index (χ1n) is 12.3. The second-order valence-electron chi connectivity index (χ2n) is 8.63. The van der Waals surface area contributed by atoms with Crippen molar-refractivity contribution in [2.24, 2.45) is 0 Å². The molecule has 0 N–H and O–H groups in total. The summed E-state index contributed by atoms with van der Waals surface area (Å²) in [6, 6.07) is 18.2. The number of carbonyl (C=O) groups is 1. The van der Waals surface area contributed by atoms with Crippen LogP contribution in [0, 0.1) is 0 Å². The molecular formula is C27H34N4O3S. The normalized spacial score (nSPS) is 14.4. The van der Waals surface area contributed by atoms with Gasteiger partial charge in [0.2, 0.25) is 5.91 Å². The zero-order chi connectivity index (χ0) is 24.3. The summed E-state index contributed by atoms with van der Waals surface area (Å²) in [5, 5.41) is 9.49. The third-order valence-electron chi connectivity index (χ3n) is 6.17. The minimum absolute atomic E-state index is 0.174. The van der Waals surface area contributed by atoms with Gasteiger partial charge in [-0.2, -0.15) is 0 Å². The van der Waals surface area contributed by atoms with Gasteiger partial charge in [0, 0.05) is 32.3 Å². The van der Waals surface area contributed by atoms with Crippen LogP contribution in [0.5, 0.6) is 5.75 Å². The predicted molar refractivity (Wildman–Crippen MR) is 138 cm³/mol. The molecule has 0 spiro atoms. The molecule has 1 aromatic heterocycles. The van der Waals surface area contributed by atoms with Crippen LogP contribution in [0.3, 0.4) is 0 Å². The third kappa shape index (κ3) is 7.08. The second kappa shape index (κ2) is 13.3. The van der Waals surface area contributed by atoms with Crippen LogP contribution < -0.4 is 4.74 Å². The third-order valence-corrected chi connectivity index (χ3v) is 7.13. The van der Waals surface area contributed by atoms with E-state index in [0.29, 0.717) is 24.7 Å². The summed E-state index contributed by atoms with van der Waals surface area (Å²) >= 11 is 1.44. The first-order valence-corrected chi connectivity index (χ1v) is 13.3. The molecule has 7 nitrogen and oxygen atoms in total. The van der Waals surface area contributed by atoms with Crippen molar-refractivity contribution in [3.8, 4) is 16.9 Å². The number of benzene rings is 2. The molecule has 2 aromatic carbocycles. The van der Waals surface area contributed by atoms with Crippen molar-refractivity contribution in [3.63, 3.8) is 0 Å². The molecule has 0 unspecified atom stereocenters. The molecule has 8 heteroatoms. The fraction of sp³-hybridized carbons (Fsp3) is 0.444. The number of methoxy groups -OCH3 is 1. The van der Waals surface area contributed by atoms with Gasteiger partial charge in [-0.3, -0.25) is 4.79 Å². The Hall–Kier alpha value is -2.84. The molecule has 1 fully saturated rings. The minimum atomic E-state index is 0.174. The van der Waals surface area contributed by atoms with Crippen LogP contribution in [0.25, 0.3) is 11.1 Å². The standard InChI is InChI=1S/C27H34N4O3S/c1-33-19-18-31-25(20-34-24-15-9-8-14-23(24)22-12-6-5-7-13-22)28-29-27(31)35-21-26(32)30-16-10-3-2-4-11-17-30/h5-9,12-15H,2-4,10-11,16-21H2,1H3. The average molecular weight is 495 g/mol. The number of rotatable bonds is 10. The monoisotopic (exact) mass is 494 g/mol. The van der Waals surface area contributed by atoms with Gasteiger partial charge in [0.15, 0.2) is 11.0 Å². The van der Waals surface area contributed by atoms with Crippen molar-refractivity contribution in [3.05, 3.63) is 60.4 Å². The molecule has 0 saturated carbocycles. The fourth-order valence-corrected chi connectivity index (χ4v) is 5.13. The quantitative estimate of drug-likeness (QED) is 0.367. The molecule has 0 radical (unpaired) electrons. The number of para-hydroxylation sites is 1. The molecule has 1 saturated heterocycles. The summed E-state index contributed by atoms with van der Waals surface area (Å²) in [5.41, 5.74) is 2.13. The van der Waals surface area contributed by atoms with Crippen molar-refractivity contribution in [1.29, 1.82) is 0 Å². The van der Waals surface area contributed by atoms with Crippen molar-refractivity contribution in [2.75, 3.05) is 32.6 Å². The average Bonchev–Trinajstić information content (AvgIpc) is 3.26. The summed E-state index contributed by atoms with van der Waals surface area (Å²) in [6.07, 6.45) is 5.87. The number of aromatic nitrogens is 3. The van der Waals surface area contributed by atoms with E-state index >= 15 is 0 Å². The molecule has 0 atom stereocenters. The van der Waals surface area contributed by atoms with Gasteiger partial charge < -0.3 is 18.9 Å². The van der Waals surface area contributed by atoms with E-state index in [1.807, 2.05) is 45.9 Å². The maximum atomic E-state index is 12.8. The largest absolute Gasteiger partial charge is 0.485 e. The highest BCUT2D eigenvalue weighted by Crippen LogP contribution is 2.30. The van der Waals surface area contributed by atoms with Crippen molar-refractivity contribution in [2.45, 2.75) is 50.4 Å². The van der Waals surface area contributed by atoms with Crippen molar-refractivity contribution >= 4 is 17.7 Å². The molecule has 0 aliphatic carbocycles.